The van der Waals surface area contributed by atoms with Gasteiger partial charge in [-0.25, -0.2) is 0 Å². The predicted octanol–water partition coefficient (Wildman–Crippen LogP) is 3.66. The van der Waals surface area contributed by atoms with Crippen LogP contribution in [0.3, 0.4) is 0 Å². The highest BCUT2D eigenvalue weighted by Crippen LogP contribution is 2.39. The molecule has 0 aliphatic heterocycles. The predicted molar refractivity (Wildman–Crippen MR) is 58.4 cm³/mol. The first-order valence-electron chi connectivity index (χ1n) is 3.28. The van der Waals surface area contributed by atoms with Gasteiger partial charge in [-0.2, -0.15) is 0 Å². The van der Waals surface area contributed by atoms with Gasteiger partial charge in [-0.3, -0.25) is 0 Å². The van der Waals surface area contributed by atoms with Crippen molar-refractivity contribution < 1.29 is 5.11 Å². The maximum absolute atomic E-state index is 9.60. The molecule has 4 heteroatoms. The lowest BCUT2D eigenvalue weighted by Gasteiger charge is -2.00. The van der Waals surface area contributed by atoms with Crippen molar-refractivity contribution in [3.8, 4) is 5.75 Å². The molecule has 0 saturated heterocycles. The minimum Gasteiger partial charge on any atom is -0.506 e. The molecule has 2 aromatic rings. The summed E-state index contributed by atoms with van der Waals surface area (Å²) < 4.78 is 1.72. The van der Waals surface area contributed by atoms with E-state index in [1.807, 2.05) is 11.4 Å². The van der Waals surface area contributed by atoms with Gasteiger partial charge in [0, 0.05) is 10.3 Å². The zero-order chi connectivity index (χ0) is 8.72. The van der Waals surface area contributed by atoms with Crippen LogP contribution >= 0.6 is 39.9 Å². The number of phenolic OH excluding ortho intramolecular Hbond substituents is 1. The van der Waals surface area contributed by atoms with E-state index in [1.165, 1.54) is 0 Å². The number of thiophene rings is 1. The number of aromatic hydroxyl groups is 1. The van der Waals surface area contributed by atoms with Gasteiger partial charge in [0.15, 0.2) is 0 Å². The number of thiol groups is 1. The summed E-state index contributed by atoms with van der Waals surface area (Å²) in [7, 11) is 0. The van der Waals surface area contributed by atoms with Crippen molar-refractivity contribution in [1.82, 2.24) is 0 Å². The first-order valence-corrected chi connectivity index (χ1v) is 5.40. The summed E-state index contributed by atoms with van der Waals surface area (Å²) in [4.78, 5) is 0.893. The molecule has 0 unspecified atom stereocenters. The molecule has 1 aromatic heterocycles. The topological polar surface area (TPSA) is 20.2 Å². The lowest BCUT2D eigenvalue weighted by atomic mass is 10.2. The quantitative estimate of drug-likeness (QED) is 0.693. The number of hydrogen-bond acceptors (Lipinski definition) is 3. The number of fused-ring (bicyclic) bond motifs is 1. The Morgan fingerprint density at radius 1 is 1.50 bits per heavy atom. The normalized spacial score (nSPS) is 10.8. The summed E-state index contributed by atoms with van der Waals surface area (Å²) in [5, 5.41) is 12.4. The lowest BCUT2D eigenvalue weighted by molar-refractivity contribution is 0.478. The Bertz CT molecular complexity index is 436. The van der Waals surface area contributed by atoms with Crippen LogP contribution in [0.15, 0.2) is 26.9 Å². The van der Waals surface area contributed by atoms with Crippen LogP contribution < -0.4 is 0 Å². The largest absolute Gasteiger partial charge is 0.506 e. The van der Waals surface area contributed by atoms with Gasteiger partial charge in [0.2, 0.25) is 0 Å². The Balaban J connectivity index is 2.97. The molecule has 12 heavy (non-hydrogen) atoms. The molecular formula is C8H5BrOS2. The number of phenols is 1. The van der Waals surface area contributed by atoms with Crippen molar-refractivity contribution in [2.75, 3.05) is 0 Å². The first-order chi connectivity index (χ1) is 5.70. The Morgan fingerprint density at radius 2 is 2.25 bits per heavy atom. The Hall–Kier alpha value is -0.190. The summed E-state index contributed by atoms with van der Waals surface area (Å²) in [5.74, 6) is 0.295. The third-order valence-corrected chi connectivity index (χ3v) is 3.70. The molecule has 0 saturated carbocycles. The Kier molecular flexibility index (Phi) is 2.06. The molecule has 0 atom stereocenters. The average Bonchev–Trinajstić information content (AvgIpc) is 2.48. The van der Waals surface area contributed by atoms with Crippen LogP contribution in [0.25, 0.3) is 10.1 Å². The van der Waals surface area contributed by atoms with E-state index >= 15 is 0 Å². The van der Waals surface area contributed by atoms with Gasteiger partial charge in [-0.15, -0.1) is 24.0 Å². The Morgan fingerprint density at radius 3 is 3.00 bits per heavy atom. The van der Waals surface area contributed by atoms with E-state index in [4.69, 9.17) is 0 Å². The zero-order valence-electron chi connectivity index (χ0n) is 5.91. The molecular weight excluding hydrogens is 256 g/mol. The van der Waals surface area contributed by atoms with E-state index in [0.717, 1.165) is 15.0 Å². The monoisotopic (exact) mass is 260 g/mol. The van der Waals surface area contributed by atoms with Gasteiger partial charge in [-0.05, 0) is 33.4 Å². The fraction of sp³-hybridized carbons (Fsp3) is 0. The van der Waals surface area contributed by atoms with Crippen LogP contribution in [-0.2, 0) is 0 Å². The SMILES string of the molecule is Oc1c(Br)cc(S)c2sccc12. The molecule has 2 rings (SSSR count). The molecule has 0 fully saturated rings. The van der Waals surface area contributed by atoms with E-state index in [0.29, 0.717) is 10.2 Å². The fourth-order valence-corrected chi connectivity index (χ4v) is 2.92. The minimum atomic E-state index is 0.295. The van der Waals surface area contributed by atoms with Gasteiger partial charge < -0.3 is 5.11 Å². The lowest BCUT2D eigenvalue weighted by Crippen LogP contribution is -1.72. The molecule has 1 nitrogen and oxygen atoms in total. The molecule has 62 valence electrons. The fourth-order valence-electron chi connectivity index (χ4n) is 1.08. The number of halogens is 1. The third-order valence-electron chi connectivity index (χ3n) is 1.64. The zero-order valence-corrected chi connectivity index (χ0v) is 9.21. The smallest absolute Gasteiger partial charge is 0.138 e. The molecule has 1 aromatic carbocycles. The first kappa shape index (κ1) is 8.41. The van der Waals surface area contributed by atoms with E-state index in [9.17, 15) is 5.11 Å². The van der Waals surface area contributed by atoms with Crippen molar-refractivity contribution in [3.05, 3.63) is 22.0 Å². The van der Waals surface area contributed by atoms with Crippen LogP contribution in [0.4, 0.5) is 0 Å². The van der Waals surface area contributed by atoms with Gasteiger partial charge in [0.05, 0.1) is 9.17 Å². The number of benzene rings is 1. The summed E-state index contributed by atoms with van der Waals surface area (Å²) in [6, 6.07) is 3.69. The second-order valence-electron chi connectivity index (χ2n) is 2.39. The van der Waals surface area contributed by atoms with Crippen LogP contribution in [0.1, 0.15) is 0 Å². The van der Waals surface area contributed by atoms with E-state index in [1.54, 1.807) is 17.4 Å². The van der Waals surface area contributed by atoms with Gasteiger partial charge in [0.25, 0.3) is 0 Å². The van der Waals surface area contributed by atoms with Gasteiger partial charge in [-0.1, -0.05) is 0 Å². The molecule has 0 aliphatic rings. The Labute approximate surface area is 87.6 Å². The van der Waals surface area contributed by atoms with E-state index in [-0.39, 0.29) is 0 Å². The molecule has 0 aliphatic carbocycles. The summed E-state index contributed by atoms with van der Waals surface area (Å²) >= 11 is 9.14. The second-order valence-corrected chi connectivity index (χ2v) is 4.64. The summed E-state index contributed by atoms with van der Waals surface area (Å²) in [6.45, 7) is 0. The molecule has 0 bridgehead atoms. The van der Waals surface area contributed by atoms with Crippen LogP contribution in [0.2, 0.25) is 0 Å². The van der Waals surface area contributed by atoms with Crippen molar-refractivity contribution in [2.45, 2.75) is 4.90 Å². The minimum absolute atomic E-state index is 0.295. The van der Waals surface area contributed by atoms with Gasteiger partial charge in [0.1, 0.15) is 5.75 Å². The highest BCUT2D eigenvalue weighted by molar-refractivity contribution is 9.10. The standard InChI is InChI=1S/C8H5BrOS2/c9-5-3-6(11)8-4(7(5)10)1-2-12-8/h1-3,10-11H. The van der Waals surface area contributed by atoms with E-state index < -0.39 is 0 Å². The van der Waals surface area contributed by atoms with Gasteiger partial charge >= 0.3 is 0 Å². The van der Waals surface area contributed by atoms with Crippen LogP contribution in [0.5, 0.6) is 5.75 Å². The van der Waals surface area contributed by atoms with Crippen molar-refractivity contribution in [3.63, 3.8) is 0 Å². The summed E-state index contributed by atoms with van der Waals surface area (Å²) in [5.41, 5.74) is 0. The second kappa shape index (κ2) is 2.94. The maximum Gasteiger partial charge on any atom is 0.138 e. The van der Waals surface area contributed by atoms with Crippen LogP contribution in [0, 0.1) is 0 Å². The molecule has 0 radical (unpaired) electrons. The third kappa shape index (κ3) is 1.14. The molecule has 1 heterocycles. The molecule has 0 amide bonds. The van der Waals surface area contributed by atoms with E-state index in [2.05, 4.69) is 28.6 Å². The number of hydrogen-bond donors (Lipinski definition) is 2. The molecule has 1 N–H and O–H groups in total. The van der Waals surface area contributed by atoms with Crippen molar-refractivity contribution in [1.29, 1.82) is 0 Å². The maximum atomic E-state index is 9.60. The highest BCUT2D eigenvalue weighted by Gasteiger charge is 2.07. The van der Waals surface area contributed by atoms with Crippen molar-refractivity contribution in [2.24, 2.45) is 0 Å². The van der Waals surface area contributed by atoms with Crippen LogP contribution in [-0.4, -0.2) is 5.11 Å². The number of rotatable bonds is 0. The van der Waals surface area contributed by atoms with Crippen molar-refractivity contribution >= 4 is 50.0 Å². The average molecular weight is 261 g/mol. The molecule has 0 spiro atoms. The highest BCUT2D eigenvalue weighted by atomic mass is 79.9. The summed E-state index contributed by atoms with van der Waals surface area (Å²) in [6.07, 6.45) is 0.